The maximum Gasteiger partial charge on any atom is 0.279 e. The number of sulfonamides is 1. The molecule has 140 valence electrons. The van der Waals surface area contributed by atoms with E-state index in [-0.39, 0.29) is 10.6 Å². The summed E-state index contributed by atoms with van der Waals surface area (Å²) in [4.78, 5) is 12.5. The van der Waals surface area contributed by atoms with E-state index in [2.05, 4.69) is 20.2 Å². The predicted molar refractivity (Wildman–Crippen MR) is 105 cm³/mol. The first kappa shape index (κ1) is 19.2. The molecule has 0 spiro atoms. The summed E-state index contributed by atoms with van der Waals surface area (Å²) in [6.45, 7) is 1.79. The van der Waals surface area contributed by atoms with Crippen molar-refractivity contribution in [3.8, 4) is 0 Å². The van der Waals surface area contributed by atoms with Gasteiger partial charge in [-0.15, -0.1) is 0 Å². The summed E-state index contributed by atoms with van der Waals surface area (Å²) < 4.78 is 27.6. The number of hydrogen-bond acceptors (Lipinski definition) is 4. The Morgan fingerprint density at radius 3 is 2.41 bits per heavy atom. The summed E-state index contributed by atoms with van der Waals surface area (Å²) >= 11 is 11.8. The molecule has 1 aromatic heterocycles. The zero-order valence-electron chi connectivity index (χ0n) is 14.0. The second-order valence-electron chi connectivity index (χ2n) is 5.64. The first-order valence-electron chi connectivity index (χ1n) is 7.65. The molecule has 7 nitrogen and oxygen atoms in total. The predicted octanol–water partition coefficient (Wildman–Crippen LogP) is 4.08. The summed E-state index contributed by atoms with van der Waals surface area (Å²) in [6.07, 6.45) is 1.15. The third-order valence-corrected chi connectivity index (χ3v) is 5.66. The van der Waals surface area contributed by atoms with Gasteiger partial charge >= 0.3 is 0 Å². The molecule has 1 amide bonds. The average molecular weight is 425 g/mol. The van der Waals surface area contributed by atoms with Gasteiger partial charge in [0.25, 0.3) is 15.9 Å². The maximum atomic E-state index is 12.6. The first-order valence-corrected chi connectivity index (χ1v) is 9.89. The second-order valence-corrected chi connectivity index (χ2v) is 8.11. The highest BCUT2D eigenvalue weighted by molar-refractivity contribution is 7.92. The average Bonchev–Trinajstić information content (AvgIpc) is 3.11. The highest BCUT2D eigenvalue weighted by Gasteiger charge is 2.25. The number of H-pyrrole nitrogens is 1. The minimum Gasteiger partial charge on any atom is -0.322 e. The zero-order chi connectivity index (χ0) is 19.6. The number of halogens is 2. The Hall–Kier alpha value is -2.55. The maximum absolute atomic E-state index is 12.6. The molecule has 0 aliphatic carbocycles. The molecule has 3 rings (SSSR count). The van der Waals surface area contributed by atoms with Crippen molar-refractivity contribution < 1.29 is 13.2 Å². The number of nitrogens with one attached hydrogen (secondary N) is 3. The van der Waals surface area contributed by atoms with Gasteiger partial charge in [-0.2, -0.15) is 13.5 Å². The van der Waals surface area contributed by atoms with Crippen molar-refractivity contribution >= 4 is 50.5 Å². The summed E-state index contributed by atoms with van der Waals surface area (Å²) in [5, 5.41) is 9.36. The molecule has 10 heteroatoms. The van der Waals surface area contributed by atoms with E-state index in [1.165, 1.54) is 12.1 Å². The lowest BCUT2D eigenvalue weighted by molar-refractivity contribution is 0.102. The zero-order valence-corrected chi connectivity index (χ0v) is 16.3. The minimum atomic E-state index is -4.06. The van der Waals surface area contributed by atoms with E-state index in [0.717, 1.165) is 11.8 Å². The molecule has 3 N–H and O–H groups in total. The number of aromatic nitrogens is 2. The van der Waals surface area contributed by atoms with Crippen molar-refractivity contribution in [2.75, 3.05) is 10.0 Å². The first-order chi connectivity index (χ1) is 12.8. The molecule has 0 radical (unpaired) electrons. The molecule has 3 aromatic rings. The quantitative estimate of drug-likeness (QED) is 0.573. The van der Waals surface area contributed by atoms with Crippen LogP contribution in [-0.2, 0) is 10.0 Å². The minimum absolute atomic E-state index is 0.121. The SMILES string of the molecule is Cc1cc(NC(=O)c2cn[nH]c2S(=O)(=O)Nc2ccc(Cl)cc2)ccc1Cl. The fourth-order valence-electron chi connectivity index (χ4n) is 2.29. The molecule has 0 bridgehead atoms. The number of nitrogens with zero attached hydrogens (tertiary/aromatic N) is 1. The van der Waals surface area contributed by atoms with Gasteiger partial charge in [-0.3, -0.25) is 14.6 Å². The van der Waals surface area contributed by atoms with Crippen LogP contribution in [-0.4, -0.2) is 24.5 Å². The van der Waals surface area contributed by atoms with E-state index in [1.807, 2.05) is 0 Å². The lowest BCUT2D eigenvalue weighted by atomic mass is 10.2. The van der Waals surface area contributed by atoms with E-state index >= 15 is 0 Å². The Bertz CT molecular complexity index is 1100. The summed E-state index contributed by atoms with van der Waals surface area (Å²) in [5.41, 5.74) is 1.44. The van der Waals surface area contributed by atoms with Gasteiger partial charge in [-0.25, -0.2) is 0 Å². The van der Waals surface area contributed by atoms with Crippen LogP contribution >= 0.6 is 23.2 Å². The number of anilines is 2. The number of aromatic amines is 1. The second kappa shape index (κ2) is 7.59. The van der Waals surface area contributed by atoms with Gasteiger partial charge in [0, 0.05) is 21.4 Å². The van der Waals surface area contributed by atoms with Crippen molar-refractivity contribution in [3.63, 3.8) is 0 Å². The summed E-state index contributed by atoms with van der Waals surface area (Å²) in [5.74, 6) is -0.623. The van der Waals surface area contributed by atoms with Crippen LogP contribution in [0.25, 0.3) is 0 Å². The van der Waals surface area contributed by atoms with E-state index in [1.54, 1.807) is 37.3 Å². The normalized spacial score (nSPS) is 11.2. The van der Waals surface area contributed by atoms with Crippen LogP contribution in [0.2, 0.25) is 10.0 Å². The Morgan fingerprint density at radius 2 is 1.74 bits per heavy atom. The van der Waals surface area contributed by atoms with Crippen LogP contribution in [0.3, 0.4) is 0 Å². The van der Waals surface area contributed by atoms with E-state index in [9.17, 15) is 13.2 Å². The topological polar surface area (TPSA) is 104 Å². The van der Waals surface area contributed by atoms with Gasteiger partial charge in [0.1, 0.15) is 0 Å². The van der Waals surface area contributed by atoms with Crippen molar-refractivity contribution in [1.82, 2.24) is 10.2 Å². The molecule has 1 heterocycles. The smallest absolute Gasteiger partial charge is 0.279 e. The van der Waals surface area contributed by atoms with E-state index in [4.69, 9.17) is 23.2 Å². The van der Waals surface area contributed by atoms with Crippen molar-refractivity contribution in [2.24, 2.45) is 0 Å². The van der Waals surface area contributed by atoms with Gasteiger partial charge < -0.3 is 5.32 Å². The van der Waals surface area contributed by atoms with E-state index in [0.29, 0.717) is 21.4 Å². The largest absolute Gasteiger partial charge is 0.322 e. The van der Waals surface area contributed by atoms with Gasteiger partial charge in [-0.1, -0.05) is 23.2 Å². The molecule has 0 unspecified atom stereocenters. The Balaban J connectivity index is 1.84. The number of benzene rings is 2. The van der Waals surface area contributed by atoms with Crippen LogP contribution in [0, 0.1) is 6.92 Å². The fourth-order valence-corrected chi connectivity index (χ4v) is 3.69. The molecular weight excluding hydrogens is 411 g/mol. The fraction of sp³-hybridized carbons (Fsp3) is 0.0588. The van der Waals surface area contributed by atoms with Gasteiger partial charge in [0.2, 0.25) is 0 Å². The number of aryl methyl sites for hydroxylation is 1. The third-order valence-electron chi connectivity index (χ3n) is 3.63. The molecule has 0 aliphatic heterocycles. The highest BCUT2D eigenvalue weighted by Crippen LogP contribution is 2.22. The molecule has 0 aliphatic rings. The van der Waals surface area contributed by atoms with Crippen molar-refractivity contribution in [1.29, 1.82) is 0 Å². The Labute approximate surface area is 165 Å². The van der Waals surface area contributed by atoms with Crippen LogP contribution in [0.5, 0.6) is 0 Å². The van der Waals surface area contributed by atoms with Crippen LogP contribution < -0.4 is 10.0 Å². The molecule has 0 saturated heterocycles. The van der Waals surface area contributed by atoms with E-state index < -0.39 is 15.9 Å². The van der Waals surface area contributed by atoms with Gasteiger partial charge in [0.15, 0.2) is 5.03 Å². The molecular formula is C17H14Cl2N4O3S. The van der Waals surface area contributed by atoms with Crippen LogP contribution in [0.4, 0.5) is 11.4 Å². The number of hydrogen-bond donors (Lipinski definition) is 3. The number of amides is 1. The Kier molecular flexibility index (Phi) is 5.41. The van der Waals surface area contributed by atoms with Crippen molar-refractivity contribution in [2.45, 2.75) is 11.9 Å². The molecule has 0 atom stereocenters. The molecule has 0 saturated carbocycles. The number of carbonyl (C=O) groups is 1. The molecule has 0 fully saturated rings. The summed E-state index contributed by atoms with van der Waals surface area (Å²) in [7, 11) is -4.06. The lowest BCUT2D eigenvalue weighted by Crippen LogP contribution is -2.19. The summed E-state index contributed by atoms with van der Waals surface area (Å²) in [6, 6.07) is 11.0. The Morgan fingerprint density at radius 1 is 1.07 bits per heavy atom. The number of carbonyl (C=O) groups excluding carboxylic acids is 1. The standard InChI is InChI=1S/C17H14Cl2N4O3S/c1-10-8-13(6-7-15(10)19)21-16(24)14-9-20-22-17(14)27(25,26)23-12-4-2-11(18)3-5-12/h2-9,23H,1H3,(H,20,22)(H,21,24). The molecule has 2 aromatic carbocycles. The van der Waals surface area contributed by atoms with Gasteiger partial charge in [-0.05, 0) is 55.0 Å². The monoisotopic (exact) mass is 424 g/mol. The van der Waals surface area contributed by atoms with Crippen LogP contribution in [0.1, 0.15) is 15.9 Å². The van der Waals surface area contributed by atoms with Gasteiger partial charge in [0.05, 0.1) is 11.8 Å². The van der Waals surface area contributed by atoms with Crippen molar-refractivity contribution in [3.05, 3.63) is 69.8 Å². The third kappa shape index (κ3) is 4.41. The van der Waals surface area contributed by atoms with Crippen LogP contribution in [0.15, 0.2) is 53.7 Å². The molecule has 27 heavy (non-hydrogen) atoms. The number of rotatable bonds is 5. The highest BCUT2D eigenvalue weighted by atomic mass is 35.5. The lowest BCUT2D eigenvalue weighted by Gasteiger charge is -2.09.